The number of amides is 3. The van der Waals surface area contributed by atoms with Crippen LogP contribution in [0.3, 0.4) is 0 Å². The van der Waals surface area contributed by atoms with E-state index in [4.69, 9.17) is 9.47 Å². The number of anilines is 1. The fourth-order valence-electron chi connectivity index (χ4n) is 4.08. The Balaban J connectivity index is 1.30. The van der Waals surface area contributed by atoms with Crippen LogP contribution >= 0.6 is 0 Å². The fourth-order valence-corrected chi connectivity index (χ4v) is 4.08. The number of aryl methyl sites for hydroxylation is 1. The summed E-state index contributed by atoms with van der Waals surface area (Å²) in [5.74, 6) is -1.20. The van der Waals surface area contributed by atoms with Gasteiger partial charge in [0.15, 0.2) is 0 Å². The molecule has 1 fully saturated rings. The summed E-state index contributed by atoms with van der Waals surface area (Å²) in [7, 11) is 0. The maximum Gasteiger partial charge on any atom is 0.407 e. The van der Waals surface area contributed by atoms with Gasteiger partial charge in [0, 0.05) is 0 Å². The molecule has 5 rings (SSSR count). The van der Waals surface area contributed by atoms with Crippen LogP contribution in [0.25, 0.3) is 0 Å². The topological polar surface area (TPSA) is 102 Å². The number of rotatable bonds is 5. The third-order valence-electron chi connectivity index (χ3n) is 5.83. The van der Waals surface area contributed by atoms with Gasteiger partial charge in [0.25, 0.3) is 11.8 Å². The molecule has 0 unspecified atom stereocenters. The van der Waals surface area contributed by atoms with E-state index in [-0.39, 0.29) is 22.7 Å². The lowest BCUT2D eigenvalue weighted by Gasteiger charge is -2.16. The smallest absolute Gasteiger partial charge is 0.407 e. The Hall–Kier alpha value is -4.46. The van der Waals surface area contributed by atoms with Crippen molar-refractivity contribution >= 4 is 29.6 Å². The number of fused-ring (bicyclic) bond motifs is 1. The number of hydrogen-bond acceptors (Lipinski definition) is 6. The predicted octanol–water partition coefficient (Wildman–Crippen LogP) is 3.67. The molecule has 2 heterocycles. The normalized spacial score (nSPS) is 16.8. The first-order chi connectivity index (χ1) is 16.4. The molecule has 34 heavy (non-hydrogen) atoms. The van der Waals surface area contributed by atoms with Crippen molar-refractivity contribution < 1.29 is 28.7 Å². The van der Waals surface area contributed by atoms with Crippen LogP contribution in [-0.2, 0) is 11.2 Å². The maximum absolute atomic E-state index is 13.0. The monoisotopic (exact) mass is 456 g/mol. The number of carbonyl (C=O) groups is 4. The van der Waals surface area contributed by atoms with Crippen LogP contribution in [0.5, 0.6) is 5.75 Å². The van der Waals surface area contributed by atoms with E-state index in [2.05, 4.69) is 5.32 Å². The number of nitrogens with one attached hydrogen (secondary N) is 1. The molecule has 0 aromatic heterocycles. The molecule has 0 saturated carbocycles. The highest BCUT2D eigenvalue weighted by molar-refractivity contribution is 6.34. The summed E-state index contributed by atoms with van der Waals surface area (Å²) in [6.07, 6.45) is 0.172. The molecule has 1 saturated heterocycles. The van der Waals surface area contributed by atoms with E-state index in [1.165, 1.54) is 18.2 Å². The van der Waals surface area contributed by atoms with Gasteiger partial charge in [-0.1, -0.05) is 30.3 Å². The number of alkyl carbamates (subject to hydrolysis) is 1. The number of benzene rings is 3. The van der Waals surface area contributed by atoms with Crippen LogP contribution in [0.2, 0.25) is 0 Å². The highest BCUT2D eigenvalue weighted by Crippen LogP contribution is 2.31. The van der Waals surface area contributed by atoms with Gasteiger partial charge in [-0.15, -0.1) is 0 Å². The maximum atomic E-state index is 13.0. The SMILES string of the molecule is Cc1ccccc1N1C(=O)c2ccc(C(=O)Oc3ccc(C[C@H]4COC(=O)N4)cc3)cc2C1=O. The molecule has 170 valence electrons. The van der Waals surface area contributed by atoms with Gasteiger partial charge in [0.05, 0.1) is 28.4 Å². The van der Waals surface area contributed by atoms with Crippen molar-refractivity contribution in [2.75, 3.05) is 11.5 Å². The zero-order chi connectivity index (χ0) is 23.8. The Morgan fingerprint density at radius 1 is 1.00 bits per heavy atom. The van der Waals surface area contributed by atoms with E-state index in [9.17, 15) is 19.2 Å². The molecular weight excluding hydrogens is 436 g/mol. The van der Waals surface area contributed by atoms with Crippen LogP contribution in [0.15, 0.2) is 66.7 Å². The van der Waals surface area contributed by atoms with Crippen LogP contribution in [0.1, 0.15) is 42.2 Å². The molecule has 0 aliphatic carbocycles. The van der Waals surface area contributed by atoms with Crippen molar-refractivity contribution in [3.8, 4) is 5.75 Å². The number of nitrogens with zero attached hydrogens (tertiary/aromatic N) is 1. The number of hydrogen-bond donors (Lipinski definition) is 1. The minimum absolute atomic E-state index is 0.0909. The number of esters is 1. The van der Waals surface area contributed by atoms with E-state index in [0.29, 0.717) is 24.5 Å². The van der Waals surface area contributed by atoms with Crippen molar-refractivity contribution in [2.45, 2.75) is 19.4 Å². The van der Waals surface area contributed by atoms with Gasteiger partial charge < -0.3 is 14.8 Å². The number of para-hydroxylation sites is 1. The summed E-state index contributed by atoms with van der Waals surface area (Å²) in [6, 6.07) is 18.3. The molecule has 3 amide bonds. The van der Waals surface area contributed by atoms with Gasteiger partial charge in [-0.2, -0.15) is 0 Å². The number of carbonyl (C=O) groups excluding carboxylic acids is 4. The van der Waals surface area contributed by atoms with E-state index < -0.39 is 23.9 Å². The van der Waals surface area contributed by atoms with Gasteiger partial charge >= 0.3 is 12.1 Å². The molecule has 8 nitrogen and oxygen atoms in total. The molecule has 1 N–H and O–H groups in total. The Morgan fingerprint density at radius 3 is 2.44 bits per heavy atom. The van der Waals surface area contributed by atoms with Crippen molar-refractivity contribution in [1.29, 1.82) is 0 Å². The minimum Gasteiger partial charge on any atom is -0.447 e. The van der Waals surface area contributed by atoms with Crippen LogP contribution in [0, 0.1) is 6.92 Å². The quantitative estimate of drug-likeness (QED) is 0.357. The second kappa shape index (κ2) is 8.47. The summed E-state index contributed by atoms with van der Waals surface area (Å²) in [6.45, 7) is 2.14. The summed E-state index contributed by atoms with van der Waals surface area (Å²) in [4.78, 5) is 50.9. The molecule has 0 bridgehead atoms. The van der Waals surface area contributed by atoms with Gasteiger partial charge in [0.1, 0.15) is 12.4 Å². The molecule has 0 radical (unpaired) electrons. The van der Waals surface area contributed by atoms with Crippen molar-refractivity contribution in [3.05, 3.63) is 94.5 Å². The molecule has 8 heteroatoms. The summed E-state index contributed by atoms with van der Waals surface area (Å²) < 4.78 is 10.3. The summed E-state index contributed by atoms with van der Waals surface area (Å²) >= 11 is 0. The summed E-state index contributed by atoms with van der Waals surface area (Å²) in [5, 5.41) is 2.71. The lowest BCUT2D eigenvalue weighted by atomic mass is 10.1. The van der Waals surface area contributed by atoms with E-state index >= 15 is 0 Å². The first kappa shape index (κ1) is 21.4. The highest BCUT2D eigenvalue weighted by atomic mass is 16.6. The average molecular weight is 456 g/mol. The molecule has 2 aliphatic heterocycles. The van der Waals surface area contributed by atoms with Gasteiger partial charge in [-0.25, -0.2) is 14.5 Å². The third kappa shape index (κ3) is 3.90. The zero-order valence-electron chi connectivity index (χ0n) is 18.2. The lowest BCUT2D eigenvalue weighted by Crippen LogP contribution is -2.29. The molecular formula is C26H20N2O6. The average Bonchev–Trinajstić information content (AvgIpc) is 3.35. The second-order valence-electron chi connectivity index (χ2n) is 8.17. The van der Waals surface area contributed by atoms with Crippen LogP contribution < -0.4 is 15.0 Å². The largest absolute Gasteiger partial charge is 0.447 e. The summed E-state index contributed by atoms with van der Waals surface area (Å²) in [5.41, 5.74) is 2.84. The predicted molar refractivity (Wildman–Crippen MR) is 122 cm³/mol. The zero-order valence-corrected chi connectivity index (χ0v) is 18.2. The molecule has 1 atom stereocenters. The Morgan fingerprint density at radius 2 is 1.74 bits per heavy atom. The molecule has 3 aromatic rings. The molecule has 3 aromatic carbocycles. The van der Waals surface area contributed by atoms with E-state index in [1.54, 1.807) is 36.4 Å². The van der Waals surface area contributed by atoms with Gasteiger partial charge in [-0.05, 0) is 60.9 Å². The number of ether oxygens (including phenoxy) is 2. The van der Waals surface area contributed by atoms with Gasteiger partial charge in [-0.3, -0.25) is 9.59 Å². The Labute approximate surface area is 195 Å². The lowest BCUT2D eigenvalue weighted by molar-refractivity contribution is 0.0734. The molecule has 0 spiro atoms. The van der Waals surface area contributed by atoms with Crippen LogP contribution in [0.4, 0.5) is 10.5 Å². The third-order valence-corrected chi connectivity index (χ3v) is 5.83. The Bertz CT molecular complexity index is 1330. The van der Waals surface area contributed by atoms with Crippen molar-refractivity contribution in [3.63, 3.8) is 0 Å². The van der Waals surface area contributed by atoms with Crippen molar-refractivity contribution in [1.82, 2.24) is 5.32 Å². The minimum atomic E-state index is -0.637. The second-order valence-corrected chi connectivity index (χ2v) is 8.17. The van der Waals surface area contributed by atoms with E-state index in [1.807, 2.05) is 19.1 Å². The standard InChI is InChI=1S/C26H20N2O6/c1-15-4-2-3-5-22(15)28-23(29)20-11-8-17(13-21(20)24(28)30)25(31)34-19-9-6-16(7-10-19)12-18-14-33-26(32)27-18/h2-11,13,18H,12,14H2,1H3,(H,27,32)/t18-/m0/s1. The first-order valence-corrected chi connectivity index (χ1v) is 10.7. The van der Waals surface area contributed by atoms with Crippen molar-refractivity contribution in [2.24, 2.45) is 0 Å². The Kier molecular flexibility index (Phi) is 5.33. The van der Waals surface area contributed by atoms with Gasteiger partial charge in [0.2, 0.25) is 0 Å². The van der Waals surface area contributed by atoms with Crippen LogP contribution in [-0.4, -0.2) is 36.5 Å². The number of cyclic esters (lactones) is 1. The fraction of sp³-hybridized carbons (Fsp3) is 0.154. The number of imide groups is 1. The highest BCUT2D eigenvalue weighted by Gasteiger charge is 2.37. The first-order valence-electron chi connectivity index (χ1n) is 10.7. The molecule has 2 aliphatic rings. The van der Waals surface area contributed by atoms with E-state index in [0.717, 1.165) is 16.0 Å².